The van der Waals surface area contributed by atoms with E-state index in [0.29, 0.717) is 17.3 Å². The molecule has 7 nitrogen and oxygen atoms in total. The monoisotopic (exact) mass is 295 g/mol. The lowest BCUT2D eigenvalue weighted by Crippen LogP contribution is -2.11. The fourth-order valence-corrected chi connectivity index (χ4v) is 2.13. The maximum Gasteiger partial charge on any atom is 0.419 e. The molecule has 0 aliphatic heterocycles. The molecule has 2 heterocycles. The second kappa shape index (κ2) is 6.80. The lowest BCUT2D eigenvalue weighted by molar-refractivity contribution is -0.142. The zero-order chi connectivity index (χ0) is 14.4. The molecular weight excluding hydrogens is 282 g/mol. The van der Waals surface area contributed by atoms with Crippen molar-refractivity contribution >= 4 is 23.4 Å². The van der Waals surface area contributed by atoms with Crippen LogP contribution in [0.2, 0.25) is 0 Å². The normalized spacial score (nSPS) is 10.2. The third kappa shape index (κ3) is 3.89. The lowest BCUT2D eigenvalue weighted by Gasteiger charge is -2.01. The Hall–Kier alpha value is -2.22. The highest BCUT2D eigenvalue weighted by Crippen LogP contribution is 2.12. The number of carbonyl (C=O) groups excluding carboxylic acids is 2. The standard InChI is InChI=1S/C12H13N3O4S/c1-2-18-11(16)5-9-7-20-10(14-9)6-19-12(17)15-4-3-13-8-15/h3-4,7-8H,2,5-6H2,1H3. The van der Waals surface area contributed by atoms with E-state index in [0.717, 1.165) is 0 Å². The van der Waals surface area contributed by atoms with Crippen LogP contribution in [0.15, 0.2) is 24.1 Å². The van der Waals surface area contributed by atoms with E-state index in [1.807, 2.05) is 0 Å². The molecule has 0 saturated carbocycles. The molecule has 0 amide bonds. The molecule has 0 unspecified atom stereocenters. The van der Waals surface area contributed by atoms with E-state index in [1.165, 1.54) is 34.6 Å². The van der Waals surface area contributed by atoms with Crippen molar-refractivity contribution in [2.24, 2.45) is 0 Å². The van der Waals surface area contributed by atoms with Gasteiger partial charge in [-0.1, -0.05) is 0 Å². The Bertz CT molecular complexity index is 579. The number of hydrogen-bond acceptors (Lipinski definition) is 7. The van der Waals surface area contributed by atoms with Crippen LogP contribution in [0.1, 0.15) is 17.6 Å². The third-order valence-electron chi connectivity index (χ3n) is 2.26. The van der Waals surface area contributed by atoms with Crippen molar-refractivity contribution in [3.63, 3.8) is 0 Å². The Kier molecular flexibility index (Phi) is 4.83. The second-order valence-corrected chi connectivity index (χ2v) is 4.68. The Labute approximate surface area is 119 Å². The number of hydrogen-bond donors (Lipinski definition) is 0. The minimum absolute atomic E-state index is 0.0600. The number of nitrogens with zero attached hydrogens (tertiary/aromatic N) is 3. The van der Waals surface area contributed by atoms with Gasteiger partial charge in [0.05, 0.1) is 18.7 Å². The van der Waals surface area contributed by atoms with Crippen molar-refractivity contribution in [3.8, 4) is 0 Å². The molecule has 2 aromatic heterocycles. The van der Waals surface area contributed by atoms with Crippen LogP contribution in [0, 0.1) is 0 Å². The zero-order valence-corrected chi connectivity index (χ0v) is 11.6. The van der Waals surface area contributed by atoms with Crippen molar-refractivity contribution in [1.82, 2.24) is 14.5 Å². The highest BCUT2D eigenvalue weighted by molar-refractivity contribution is 7.09. The number of imidazole rings is 1. The van der Waals surface area contributed by atoms with E-state index in [1.54, 1.807) is 12.3 Å². The quantitative estimate of drug-likeness (QED) is 0.780. The van der Waals surface area contributed by atoms with Gasteiger partial charge >= 0.3 is 12.1 Å². The zero-order valence-electron chi connectivity index (χ0n) is 10.8. The SMILES string of the molecule is CCOC(=O)Cc1csc(COC(=O)n2ccnc2)n1. The maximum absolute atomic E-state index is 11.6. The fourth-order valence-electron chi connectivity index (χ4n) is 1.42. The Morgan fingerprint density at radius 3 is 2.95 bits per heavy atom. The summed E-state index contributed by atoms with van der Waals surface area (Å²) in [7, 11) is 0. The van der Waals surface area contributed by atoms with Crippen LogP contribution in [0.3, 0.4) is 0 Å². The van der Waals surface area contributed by atoms with E-state index in [-0.39, 0.29) is 19.0 Å². The second-order valence-electron chi connectivity index (χ2n) is 3.74. The molecule has 0 atom stereocenters. The molecule has 0 saturated heterocycles. The van der Waals surface area contributed by atoms with Crippen molar-refractivity contribution in [3.05, 3.63) is 34.8 Å². The van der Waals surface area contributed by atoms with Crippen molar-refractivity contribution in [2.75, 3.05) is 6.61 Å². The predicted molar refractivity (Wildman–Crippen MR) is 70.3 cm³/mol. The summed E-state index contributed by atoms with van der Waals surface area (Å²) in [5.74, 6) is -0.320. The number of ether oxygens (including phenoxy) is 2. The number of rotatable bonds is 5. The Morgan fingerprint density at radius 1 is 1.40 bits per heavy atom. The lowest BCUT2D eigenvalue weighted by atomic mass is 10.3. The summed E-state index contributed by atoms with van der Waals surface area (Å²) < 4.78 is 11.1. The molecule has 0 spiro atoms. The highest BCUT2D eigenvalue weighted by atomic mass is 32.1. The first-order chi connectivity index (χ1) is 9.69. The molecule has 0 fully saturated rings. The Balaban J connectivity index is 1.84. The first-order valence-electron chi connectivity index (χ1n) is 5.93. The maximum atomic E-state index is 11.6. The molecule has 0 aliphatic carbocycles. The van der Waals surface area contributed by atoms with Gasteiger partial charge in [0.25, 0.3) is 0 Å². The molecule has 2 rings (SSSR count). The summed E-state index contributed by atoms with van der Waals surface area (Å²) in [6.07, 6.45) is 3.94. The van der Waals surface area contributed by atoms with Crippen LogP contribution in [0.4, 0.5) is 4.79 Å². The van der Waals surface area contributed by atoms with Crippen LogP contribution >= 0.6 is 11.3 Å². The molecule has 0 bridgehead atoms. The average Bonchev–Trinajstić information content (AvgIpc) is 3.07. The van der Waals surface area contributed by atoms with E-state index in [2.05, 4.69) is 9.97 Å². The van der Waals surface area contributed by atoms with E-state index < -0.39 is 6.09 Å². The summed E-state index contributed by atoms with van der Waals surface area (Å²) in [5.41, 5.74) is 0.613. The van der Waals surface area contributed by atoms with E-state index in [9.17, 15) is 9.59 Å². The van der Waals surface area contributed by atoms with Crippen LogP contribution < -0.4 is 0 Å². The van der Waals surface area contributed by atoms with Crippen LogP contribution in [-0.4, -0.2) is 33.2 Å². The third-order valence-corrected chi connectivity index (χ3v) is 3.14. The number of aromatic nitrogens is 3. The van der Waals surface area contributed by atoms with Gasteiger partial charge in [-0.15, -0.1) is 11.3 Å². The van der Waals surface area contributed by atoms with Gasteiger partial charge in [-0.25, -0.2) is 19.3 Å². The van der Waals surface area contributed by atoms with Gasteiger partial charge in [-0.2, -0.15) is 0 Å². The molecule has 20 heavy (non-hydrogen) atoms. The topological polar surface area (TPSA) is 83.3 Å². The van der Waals surface area contributed by atoms with E-state index in [4.69, 9.17) is 9.47 Å². The molecule has 0 aliphatic rings. The van der Waals surface area contributed by atoms with Gasteiger partial charge in [0.2, 0.25) is 0 Å². The highest BCUT2D eigenvalue weighted by Gasteiger charge is 2.10. The van der Waals surface area contributed by atoms with Crippen molar-refractivity contribution < 1.29 is 19.1 Å². The first kappa shape index (κ1) is 14.2. The largest absolute Gasteiger partial charge is 0.466 e. The summed E-state index contributed by atoms with van der Waals surface area (Å²) >= 11 is 1.33. The van der Waals surface area contributed by atoms with Gasteiger partial charge in [0, 0.05) is 17.8 Å². The van der Waals surface area contributed by atoms with Gasteiger partial charge in [-0.05, 0) is 6.92 Å². The fraction of sp³-hybridized carbons (Fsp3) is 0.333. The number of carbonyl (C=O) groups is 2. The van der Waals surface area contributed by atoms with Gasteiger partial charge in [-0.3, -0.25) is 4.79 Å². The molecule has 8 heteroatoms. The summed E-state index contributed by atoms with van der Waals surface area (Å²) in [5, 5.41) is 2.37. The van der Waals surface area contributed by atoms with Gasteiger partial charge in [0.15, 0.2) is 0 Å². The minimum atomic E-state index is -0.523. The summed E-state index contributed by atoms with van der Waals surface area (Å²) in [4.78, 5) is 30.8. The number of thiazole rings is 1. The molecular formula is C12H13N3O4S. The Morgan fingerprint density at radius 2 is 2.25 bits per heavy atom. The van der Waals surface area contributed by atoms with Crippen LogP contribution in [0.5, 0.6) is 0 Å². The predicted octanol–water partition coefficient (Wildman–Crippen LogP) is 1.63. The van der Waals surface area contributed by atoms with E-state index >= 15 is 0 Å². The molecule has 0 radical (unpaired) electrons. The molecule has 0 N–H and O–H groups in total. The average molecular weight is 295 g/mol. The van der Waals surface area contributed by atoms with Crippen molar-refractivity contribution in [1.29, 1.82) is 0 Å². The first-order valence-corrected chi connectivity index (χ1v) is 6.81. The van der Waals surface area contributed by atoms with Crippen molar-refractivity contribution in [2.45, 2.75) is 20.0 Å². The van der Waals surface area contributed by atoms with Gasteiger partial charge < -0.3 is 9.47 Å². The smallest absolute Gasteiger partial charge is 0.419 e. The number of esters is 1. The molecule has 106 valence electrons. The summed E-state index contributed by atoms with van der Waals surface area (Å²) in [6.45, 7) is 2.16. The van der Waals surface area contributed by atoms with Crippen LogP contribution in [-0.2, 0) is 27.3 Å². The molecule has 0 aromatic carbocycles. The summed E-state index contributed by atoms with van der Waals surface area (Å²) in [6, 6.07) is 0. The van der Waals surface area contributed by atoms with Crippen LogP contribution in [0.25, 0.3) is 0 Å². The minimum Gasteiger partial charge on any atom is -0.466 e. The van der Waals surface area contributed by atoms with Gasteiger partial charge in [0.1, 0.15) is 17.9 Å². The molecule has 2 aromatic rings.